The molecule has 23 heavy (non-hydrogen) atoms. The fourth-order valence-corrected chi connectivity index (χ4v) is 2.49. The summed E-state index contributed by atoms with van der Waals surface area (Å²) in [6.45, 7) is 2.15. The zero-order valence-corrected chi connectivity index (χ0v) is 13.7. The molecule has 2 rings (SSSR count). The van der Waals surface area contributed by atoms with E-state index in [1.807, 2.05) is 24.3 Å². The highest BCUT2D eigenvalue weighted by molar-refractivity contribution is 6.62. The lowest BCUT2D eigenvalue weighted by atomic mass is 9.80. The molecule has 2 aromatic carbocycles. The van der Waals surface area contributed by atoms with Crippen LogP contribution in [0.3, 0.4) is 0 Å². The van der Waals surface area contributed by atoms with Crippen molar-refractivity contribution in [2.45, 2.75) is 26.2 Å². The number of carbonyl (C=O) groups is 1. The second-order valence-electron chi connectivity index (χ2n) is 5.36. The number of nitrogens with one attached hydrogen (secondary N) is 1. The predicted octanol–water partition coefficient (Wildman–Crippen LogP) is 2.61. The maximum atomic E-state index is 12.2. The summed E-state index contributed by atoms with van der Waals surface area (Å²) in [5.74, 6) is -0.299. The number of hydrogen-bond donors (Lipinski definition) is 3. The first kappa shape index (κ1) is 17.5. The van der Waals surface area contributed by atoms with Crippen molar-refractivity contribution in [2.24, 2.45) is 0 Å². The molecular weight excluding hydrogens is 312 g/mol. The normalized spacial score (nSPS) is 10.4. The van der Waals surface area contributed by atoms with Gasteiger partial charge >= 0.3 is 7.12 Å². The number of amides is 1. The van der Waals surface area contributed by atoms with Gasteiger partial charge in [0, 0.05) is 21.7 Å². The van der Waals surface area contributed by atoms with Gasteiger partial charge in [-0.15, -0.1) is 0 Å². The molecule has 0 unspecified atom stereocenters. The van der Waals surface area contributed by atoms with E-state index in [1.165, 1.54) is 23.8 Å². The average molecular weight is 332 g/mol. The monoisotopic (exact) mass is 331 g/mol. The van der Waals surface area contributed by atoms with Crippen LogP contribution in [0.4, 0.5) is 5.69 Å². The van der Waals surface area contributed by atoms with Gasteiger partial charge in [0.05, 0.1) is 0 Å². The van der Waals surface area contributed by atoms with E-state index in [2.05, 4.69) is 12.2 Å². The summed E-state index contributed by atoms with van der Waals surface area (Å²) in [4.78, 5) is 12.2. The average Bonchev–Trinajstić information content (AvgIpc) is 2.53. The topological polar surface area (TPSA) is 69.6 Å². The minimum absolute atomic E-state index is 0.141. The van der Waals surface area contributed by atoms with E-state index in [1.54, 1.807) is 0 Å². The van der Waals surface area contributed by atoms with E-state index in [0.29, 0.717) is 11.3 Å². The third-order valence-electron chi connectivity index (χ3n) is 3.57. The lowest BCUT2D eigenvalue weighted by molar-refractivity contribution is 0.102. The van der Waals surface area contributed by atoms with Crippen molar-refractivity contribution < 1.29 is 14.8 Å². The van der Waals surface area contributed by atoms with Gasteiger partial charge in [-0.05, 0) is 42.7 Å². The summed E-state index contributed by atoms with van der Waals surface area (Å²) < 4.78 is 0. The molecule has 0 aliphatic heterocycles. The van der Waals surface area contributed by atoms with E-state index in [9.17, 15) is 4.79 Å². The lowest BCUT2D eigenvalue weighted by Crippen LogP contribution is -2.31. The van der Waals surface area contributed by atoms with Crippen LogP contribution in [0.5, 0.6) is 0 Å². The van der Waals surface area contributed by atoms with Gasteiger partial charge in [-0.25, -0.2) is 0 Å². The predicted molar refractivity (Wildman–Crippen MR) is 94.3 cm³/mol. The van der Waals surface area contributed by atoms with Crippen LogP contribution in [0, 0.1) is 0 Å². The number of carbonyl (C=O) groups excluding carboxylic acids is 1. The van der Waals surface area contributed by atoms with Gasteiger partial charge in [0.25, 0.3) is 5.91 Å². The Bertz CT molecular complexity index is 674. The van der Waals surface area contributed by atoms with Gasteiger partial charge in [0.15, 0.2) is 0 Å². The van der Waals surface area contributed by atoms with Crippen LogP contribution >= 0.6 is 11.6 Å². The largest absolute Gasteiger partial charge is 0.489 e. The van der Waals surface area contributed by atoms with Gasteiger partial charge in [-0.2, -0.15) is 0 Å². The first-order valence-corrected chi connectivity index (χ1v) is 7.95. The molecule has 2 aromatic rings. The summed E-state index contributed by atoms with van der Waals surface area (Å²) in [7, 11) is -1.66. The fraction of sp³-hybridized carbons (Fsp3) is 0.235. The molecule has 3 N–H and O–H groups in total. The number of anilines is 1. The van der Waals surface area contributed by atoms with E-state index in [0.717, 1.165) is 19.3 Å². The molecule has 0 bridgehead atoms. The van der Waals surface area contributed by atoms with E-state index >= 15 is 0 Å². The zero-order chi connectivity index (χ0) is 16.8. The standard InChI is InChI=1S/C17H19BClNO3/c1-2-3-4-12-5-8-14(9-6-12)20-17(21)13-7-10-15(18(22)23)16(19)11-13/h5-11,22-23H,2-4H2,1H3,(H,20,21). The van der Waals surface area contributed by atoms with Gasteiger partial charge in [-0.1, -0.05) is 43.1 Å². The van der Waals surface area contributed by atoms with Crippen molar-refractivity contribution in [1.82, 2.24) is 0 Å². The summed E-state index contributed by atoms with van der Waals surface area (Å²) >= 11 is 5.94. The van der Waals surface area contributed by atoms with Crippen LogP contribution in [0.1, 0.15) is 35.7 Å². The molecule has 1 amide bonds. The Morgan fingerprint density at radius 1 is 1.17 bits per heavy atom. The van der Waals surface area contributed by atoms with Gasteiger partial charge < -0.3 is 15.4 Å². The summed E-state index contributed by atoms with van der Waals surface area (Å²) in [5.41, 5.74) is 2.48. The Labute approximate surface area is 141 Å². The number of rotatable bonds is 6. The van der Waals surface area contributed by atoms with Crippen molar-refractivity contribution in [3.05, 3.63) is 58.6 Å². The number of hydrogen-bond acceptors (Lipinski definition) is 3. The molecule has 0 aliphatic carbocycles. The molecule has 6 heteroatoms. The first-order valence-electron chi connectivity index (χ1n) is 7.57. The van der Waals surface area contributed by atoms with E-state index < -0.39 is 7.12 Å². The van der Waals surface area contributed by atoms with Crippen molar-refractivity contribution in [1.29, 1.82) is 0 Å². The molecule has 0 aliphatic rings. The third kappa shape index (κ3) is 4.83. The zero-order valence-electron chi connectivity index (χ0n) is 12.9. The highest BCUT2D eigenvalue weighted by atomic mass is 35.5. The molecule has 0 spiro atoms. The summed E-state index contributed by atoms with van der Waals surface area (Å²) in [6, 6.07) is 12.1. The van der Waals surface area contributed by atoms with E-state index in [4.69, 9.17) is 21.6 Å². The Balaban J connectivity index is 2.05. The SMILES string of the molecule is CCCCc1ccc(NC(=O)c2ccc(B(O)O)c(Cl)c2)cc1. The molecule has 0 heterocycles. The van der Waals surface area contributed by atoms with Crippen molar-refractivity contribution in [3.8, 4) is 0 Å². The Hall–Kier alpha value is -1.82. The van der Waals surface area contributed by atoms with Crippen LogP contribution in [-0.4, -0.2) is 23.1 Å². The Kier molecular flexibility index (Phi) is 6.22. The Morgan fingerprint density at radius 2 is 1.87 bits per heavy atom. The minimum atomic E-state index is -1.66. The van der Waals surface area contributed by atoms with Crippen molar-refractivity contribution in [3.63, 3.8) is 0 Å². The van der Waals surface area contributed by atoms with Gasteiger partial charge in [0.1, 0.15) is 0 Å². The third-order valence-corrected chi connectivity index (χ3v) is 3.90. The maximum Gasteiger partial charge on any atom is 0.489 e. The molecule has 0 radical (unpaired) electrons. The lowest BCUT2D eigenvalue weighted by Gasteiger charge is -2.08. The van der Waals surface area contributed by atoms with Crippen LogP contribution < -0.4 is 10.8 Å². The van der Waals surface area contributed by atoms with Crippen LogP contribution in [0.15, 0.2) is 42.5 Å². The number of halogens is 1. The molecule has 4 nitrogen and oxygen atoms in total. The number of unbranched alkanes of at least 4 members (excludes halogenated alkanes) is 1. The quantitative estimate of drug-likeness (QED) is 0.713. The minimum Gasteiger partial charge on any atom is -0.423 e. The molecule has 0 saturated heterocycles. The van der Waals surface area contributed by atoms with Crippen molar-refractivity contribution in [2.75, 3.05) is 5.32 Å². The van der Waals surface area contributed by atoms with Crippen LogP contribution in [0.2, 0.25) is 5.02 Å². The molecule has 0 aromatic heterocycles. The van der Waals surface area contributed by atoms with Crippen LogP contribution in [-0.2, 0) is 6.42 Å². The highest BCUT2D eigenvalue weighted by Gasteiger charge is 2.17. The fourth-order valence-electron chi connectivity index (χ4n) is 2.22. The van der Waals surface area contributed by atoms with Gasteiger partial charge in [0.2, 0.25) is 0 Å². The second kappa shape index (κ2) is 8.15. The summed E-state index contributed by atoms with van der Waals surface area (Å²) in [5, 5.41) is 21.2. The molecular formula is C17H19BClNO3. The second-order valence-corrected chi connectivity index (χ2v) is 5.77. The number of aryl methyl sites for hydroxylation is 1. The number of benzene rings is 2. The Morgan fingerprint density at radius 3 is 2.43 bits per heavy atom. The molecule has 0 fully saturated rings. The molecule has 0 saturated carbocycles. The molecule has 0 atom stereocenters. The highest BCUT2D eigenvalue weighted by Crippen LogP contribution is 2.15. The maximum absolute atomic E-state index is 12.2. The van der Waals surface area contributed by atoms with Gasteiger partial charge in [-0.3, -0.25) is 4.79 Å². The van der Waals surface area contributed by atoms with Crippen molar-refractivity contribution >= 4 is 35.8 Å². The van der Waals surface area contributed by atoms with Crippen LogP contribution in [0.25, 0.3) is 0 Å². The van der Waals surface area contributed by atoms with E-state index in [-0.39, 0.29) is 16.4 Å². The molecule has 120 valence electrons. The first-order chi connectivity index (χ1) is 11.0. The summed E-state index contributed by atoms with van der Waals surface area (Å²) in [6.07, 6.45) is 3.33. The smallest absolute Gasteiger partial charge is 0.423 e.